The minimum absolute atomic E-state index is 0.320. The molecule has 0 aromatic heterocycles. The van der Waals surface area contributed by atoms with Crippen LogP contribution in [0.4, 0.5) is 0 Å². The maximum atomic E-state index is 5.63. The zero-order valence-electron chi connectivity index (χ0n) is 10.5. The van der Waals surface area contributed by atoms with Crippen molar-refractivity contribution in [3.63, 3.8) is 0 Å². The molecule has 1 aromatic rings. The fourth-order valence-electron chi connectivity index (χ4n) is 1.87. The molecule has 18 heavy (non-hydrogen) atoms. The number of rotatable bonds is 8. The zero-order valence-corrected chi connectivity index (χ0v) is 11.2. The standard InChI is InChI=1S/C14H19ClO3/c15-7-3-1-2-4-8-16-10-12-5-6-13-14(9-12)18-11-17-13/h5-6,9H,1-4,7-8,10-11H2. The molecule has 0 spiro atoms. The van der Waals surface area contributed by atoms with E-state index in [-0.39, 0.29) is 0 Å². The van der Waals surface area contributed by atoms with E-state index in [0.29, 0.717) is 13.4 Å². The normalized spacial score (nSPS) is 12.9. The summed E-state index contributed by atoms with van der Waals surface area (Å²) in [5.41, 5.74) is 1.13. The molecule has 0 N–H and O–H groups in total. The van der Waals surface area contributed by atoms with Crippen LogP contribution in [-0.4, -0.2) is 19.3 Å². The number of hydrogen-bond acceptors (Lipinski definition) is 3. The van der Waals surface area contributed by atoms with Gasteiger partial charge < -0.3 is 14.2 Å². The molecule has 1 heterocycles. The predicted molar refractivity (Wildman–Crippen MR) is 71.4 cm³/mol. The molecule has 0 fully saturated rings. The number of hydrogen-bond donors (Lipinski definition) is 0. The van der Waals surface area contributed by atoms with Gasteiger partial charge in [0.2, 0.25) is 6.79 Å². The number of alkyl halides is 1. The molecule has 4 heteroatoms. The van der Waals surface area contributed by atoms with Crippen LogP contribution in [0, 0.1) is 0 Å². The summed E-state index contributed by atoms with van der Waals surface area (Å²) in [4.78, 5) is 0. The zero-order chi connectivity index (χ0) is 12.6. The third kappa shape index (κ3) is 4.07. The Morgan fingerprint density at radius 1 is 1.06 bits per heavy atom. The molecule has 0 unspecified atom stereocenters. The van der Waals surface area contributed by atoms with Crippen LogP contribution in [0.2, 0.25) is 0 Å². The van der Waals surface area contributed by atoms with Crippen molar-refractivity contribution >= 4 is 11.6 Å². The number of benzene rings is 1. The van der Waals surface area contributed by atoms with Gasteiger partial charge in [-0.2, -0.15) is 0 Å². The summed E-state index contributed by atoms with van der Waals surface area (Å²) >= 11 is 5.61. The minimum atomic E-state index is 0.320. The summed E-state index contributed by atoms with van der Waals surface area (Å²) in [6, 6.07) is 5.93. The predicted octanol–water partition coefficient (Wildman–Crippen LogP) is 3.73. The Bertz CT molecular complexity index is 368. The summed E-state index contributed by atoms with van der Waals surface area (Å²) in [6.45, 7) is 1.75. The number of halogens is 1. The van der Waals surface area contributed by atoms with Crippen molar-refractivity contribution in [3.05, 3.63) is 23.8 Å². The van der Waals surface area contributed by atoms with Crippen molar-refractivity contribution in [1.82, 2.24) is 0 Å². The molecule has 100 valence electrons. The second-order valence-corrected chi connectivity index (χ2v) is 4.72. The van der Waals surface area contributed by atoms with Crippen LogP contribution in [0.25, 0.3) is 0 Å². The maximum Gasteiger partial charge on any atom is 0.231 e. The summed E-state index contributed by atoms with van der Waals surface area (Å²) in [5.74, 6) is 2.40. The van der Waals surface area contributed by atoms with E-state index in [1.165, 1.54) is 12.8 Å². The van der Waals surface area contributed by atoms with Gasteiger partial charge in [-0.1, -0.05) is 18.9 Å². The molecule has 2 rings (SSSR count). The largest absolute Gasteiger partial charge is 0.454 e. The number of fused-ring (bicyclic) bond motifs is 1. The first-order valence-electron chi connectivity index (χ1n) is 6.42. The van der Waals surface area contributed by atoms with Gasteiger partial charge in [0.25, 0.3) is 0 Å². The Labute approximate surface area is 113 Å². The first-order chi connectivity index (χ1) is 8.90. The Hall–Kier alpha value is -0.930. The lowest BCUT2D eigenvalue weighted by atomic mass is 10.2. The molecule has 0 atom stereocenters. The molecular weight excluding hydrogens is 252 g/mol. The molecule has 1 aromatic carbocycles. The summed E-state index contributed by atoms with van der Waals surface area (Å²) in [6.07, 6.45) is 4.58. The van der Waals surface area contributed by atoms with Gasteiger partial charge in [-0.3, -0.25) is 0 Å². The van der Waals surface area contributed by atoms with Crippen LogP contribution in [-0.2, 0) is 11.3 Å². The van der Waals surface area contributed by atoms with Crippen molar-refractivity contribution in [1.29, 1.82) is 0 Å². The smallest absolute Gasteiger partial charge is 0.231 e. The lowest BCUT2D eigenvalue weighted by Gasteiger charge is -2.05. The fourth-order valence-corrected chi connectivity index (χ4v) is 2.06. The van der Waals surface area contributed by atoms with E-state index in [1.54, 1.807) is 0 Å². The van der Waals surface area contributed by atoms with Crippen molar-refractivity contribution in [2.75, 3.05) is 19.3 Å². The first kappa shape index (κ1) is 13.5. The van der Waals surface area contributed by atoms with E-state index in [1.807, 2.05) is 18.2 Å². The molecule has 1 aliphatic heterocycles. The summed E-state index contributed by atoms with van der Waals surface area (Å²) < 4.78 is 16.2. The van der Waals surface area contributed by atoms with Gasteiger partial charge in [-0.15, -0.1) is 11.6 Å². The second kappa shape index (κ2) is 7.49. The van der Waals surface area contributed by atoms with Crippen LogP contribution in [0.1, 0.15) is 31.2 Å². The van der Waals surface area contributed by atoms with Crippen LogP contribution >= 0.6 is 11.6 Å². The van der Waals surface area contributed by atoms with Crippen LogP contribution in [0.15, 0.2) is 18.2 Å². The quantitative estimate of drug-likeness (QED) is 0.532. The second-order valence-electron chi connectivity index (χ2n) is 4.34. The van der Waals surface area contributed by atoms with E-state index >= 15 is 0 Å². The van der Waals surface area contributed by atoms with Gasteiger partial charge in [-0.05, 0) is 30.5 Å². The van der Waals surface area contributed by atoms with Crippen LogP contribution in [0.3, 0.4) is 0 Å². The number of ether oxygens (including phenoxy) is 3. The average Bonchev–Trinajstić information content (AvgIpc) is 2.85. The van der Waals surface area contributed by atoms with Gasteiger partial charge in [-0.25, -0.2) is 0 Å². The molecule has 0 radical (unpaired) electrons. The van der Waals surface area contributed by atoms with Crippen LogP contribution in [0.5, 0.6) is 11.5 Å². The highest BCUT2D eigenvalue weighted by atomic mass is 35.5. The van der Waals surface area contributed by atoms with Gasteiger partial charge >= 0.3 is 0 Å². The van der Waals surface area contributed by atoms with Gasteiger partial charge in [0.1, 0.15) is 0 Å². The third-order valence-corrected chi connectivity index (χ3v) is 3.15. The van der Waals surface area contributed by atoms with Crippen molar-refractivity contribution < 1.29 is 14.2 Å². The molecule has 0 aliphatic carbocycles. The summed E-state index contributed by atoms with van der Waals surface area (Å²) in [5, 5.41) is 0. The molecule has 0 bridgehead atoms. The van der Waals surface area contributed by atoms with Crippen LogP contribution < -0.4 is 9.47 Å². The molecular formula is C14H19ClO3. The van der Waals surface area contributed by atoms with E-state index in [9.17, 15) is 0 Å². The molecule has 1 aliphatic rings. The highest BCUT2D eigenvalue weighted by Crippen LogP contribution is 2.32. The Kier molecular flexibility index (Phi) is 5.62. The highest BCUT2D eigenvalue weighted by molar-refractivity contribution is 6.17. The van der Waals surface area contributed by atoms with Gasteiger partial charge in [0, 0.05) is 12.5 Å². The van der Waals surface area contributed by atoms with E-state index in [4.69, 9.17) is 25.8 Å². The highest BCUT2D eigenvalue weighted by Gasteiger charge is 2.12. The third-order valence-electron chi connectivity index (χ3n) is 2.88. The van der Waals surface area contributed by atoms with Crippen molar-refractivity contribution in [3.8, 4) is 11.5 Å². The SMILES string of the molecule is ClCCCCCCOCc1ccc2c(c1)OCO2. The van der Waals surface area contributed by atoms with E-state index < -0.39 is 0 Å². The number of unbranched alkanes of at least 4 members (excludes halogenated alkanes) is 3. The lowest BCUT2D eigenvalue weighted by molar-refractivity contribution is 0.116. The van der Waals surface area contributed by atoms with Crippen molar-refractivity contribution in [2.45, 2.75) is 32.3 Å². The van der Waals surface area contributed by atoms with Crippen molar-refractivity contribution in [2.24, 2.45) is 0 Å². The van der Waals surface area contributed by atoms with E-state index in [2.05, 4.69) is 0 Å². The Morgan fingerprint density at radius 3 is 2.78 bits per heavy atom. The summed E-state index contributed by atoms with van der Waals surface area (Å²) in [7, 11) is 0. The Balaban J connectivity index is 1.62. The Morgan fingerprint density at radius 2 is 1.89 bits per heavy atom. The fraction of sp³-hybridized carbons (Fsp3) is 0.571. The van der Waals surface area contributed by atoms with E-state index in [0.717, 1.165) is 42.4 Å². The molecule has 0 saturated heterocycles. The monoisotopic (exact) mass is 270 g/mol. The average molecular weight is 271 g/mol. The molecule has 3 nitrogen and oxygen atoms in total. The topological polar surface area (TPSA) is 27.7 Å². The minimum Gasteiger partial charge on any atom is -0.454 e. The van der Waals surface area contributed by atoms with Gasteiger partial charge in [0.15, 0.2) is 11.5 Å². The lowest BCUT2D eigenvalue weighted by Crippen LogP contribution is -1.96. The maximum absolute atomic E-state index is 5.63. The molecule has 0 amide bonds. The first-order valence-corrected chi connectivity index (χ1v) is 6.96. The molecule has 0 saturated carbocycles. The van der Waals surface area contributed by atoms with Gasteiger partial charge in [0.05, 0.1) is 6.61 Å².